The predicted octanol–water partition coefficient (Wildman–Crippen LogP) is -0.132. The molecule has 0 atom stereocenters. The van der Waals surface area contributed by atoms with Crippen molar-refractivity contribution < 1.29 is 5.11 Å². The van der Waals surface area contributed by atoms with Crippen molar-refractivity contribution >= 4 is 5.82 Å². The number of hydrogen-bond donors (Lipinski definition) is 2. The van der Waals surface area contributed by atoms with Gasteiger partial charge in [0.25, 0.3) is 0 Å². The lowest BCUT2D eigenvalue weighted by Crippen LogP contribution is -2.48. The van der Waals surface area contributed by atoms with Crippen LogP contribution in [-0.2, 0) is 0 Å². The molecule has 0 spiro atoms. The van der Waals surface area contributed by atoms with Gasteiger partial charge in [0.2, 0.25) is 0 Å². The number of rotatable bonds is 3. The number of nitrogens with zero attached hydrogens (tertiary/aromatic N) is 3. The zero-order valence-corrected chi connectivity index (χ0v) is 9.34. The van der Waals surface area contributed by atoms with Crippen LogP contribution in [-0.4, -0.2) is 54.3 Å². The minimum Gasteiger partial charge on any atom is -0.504 e. The highest BCUT2D eigenvalue weighted by molar-refractivity contribution is 5.51. The summed E-state index contributed by atoms with van der Waals surface area (Å²) in [6.45, 7) is 5.40. The Hall–Kier alpha value is -1.33. The largest absolute Gasteiger partial charge is 0.504 e. The van der Waals surface area contributed by atoms with Crippen molar-refractivity contribution in [2.45, 2.75) is 0 Å². The van der Waals surface area contributed by atoms with Crippen molar-refractivity contribution in [1.82, 2.24) is 9.88 Å². The lowest BCUT2D eigenvalue weighted by atomic mass is 10.3. The standard InChI is InChI=1S/C11H18N4O/c12-3-5-14-6-8-15(9-7-14)11-10(16)2-1-4-13-11/h1-2,4,16H,3,5-9,12H2. The molecule has 1 aliphatic rings. The molecule has 5 heteroatoms. The Labute approximate surface area is 95.5 Å². The first-order valence-corrected chi connectivity index (χ1v) is 5.62. The van der Waals surface area contributed by atoms with Gasteiger partial charge in [-0.2, -0.15) is 0 Å². The van der Waals surface area contributed by atoms with Crippen LogP contribution in [0.2, 0.25) is 0 Å². The molecular formula is C11H18N4O. The van der Waals surface area contributed by atoms with E-state index in [1.54, 1.807) is 18.3 Å². The van der Waals surface area contributed by atoms with Crippen LogP contribution in [0.3, 0.4) is 0 Å². The number of aromatic hydroxyl groups is 1. The lowest BCUT2D eigenvalue weighted by Gasteiger charge is -2.35. The van der Waals surface area contributed by atoms with E-state index in [4.69, 9.17) is 5.73 Å². The third kappa shape index (κ3) is 2.43. The summed E-state index contributed by atoms with van der Waals surface area (Å²) >= 11 is 0. The average Bonchev–Trinajstić information content (AvgIpc) is 2.31. The van der Waals surface area contributed by atoms with E-state index in [1.165, 1.54) is 0 Å². The molecule has 1 aromatic heterocycles. The van der Waals surface area contributed by atoms with Gasteiger partial charge in [0.05, 0.1) is 0 Å². The van der Waals surface area contributed by atoms with E-state index in [1.807, 2.05) is 0 Å². The fraction of sp³-hybridized carbons (Fsp3) is 0.545. The monoisotopic (exact) mass is 222 g/mol. The van der Waals surface area contributed by atoms with Crippen molar-refractivity contribution in [3.8, 4) is 5.75 Å². The molecule has 3 N–H and O–H groups in total. The Morgan fingerprint density at radius 3 is 2.69 bits per heavy atom. The number of anilines is 1. The fourth-order valence-electron chi connectivity index (χ4n) is 2.00. The first kappa shape index (κ1) is 11.2. The normalized spacial score (nSPS) is 17.7. The van der Waals surface area contributed by atoms with E-state index in [0.717, 1.165) is 32.7 Å². The molecule has 16 heavy (non-hydrogen) atoms. The smallest absolute Gasteiger partial charge is 0.171 e. The fourth-order valence-corrected chi connectivity index (χ4v) is 2.00. The molecule has 0 aromatic carbocycles. The molecule has 1 fully saturated rings. The van der Waals surface area contributed by atoms with Gasteiger partial charge in [0.15, 0.2) is 11.6 Å². The van der Waals surface area contributed by atoms with E-state index in [-0.39, 0.29) is 5.75 Å². The molecular weight excluding hydrogens is 204 g/mol. The Balaban J connectivity index is 1.96. The lowest BCUT2D eigenvalue weighted by molar-refractivity contribution is 0.263. The third-order valence-corrected chi connectivity index (χ3v) is 2.88. The van der Waals surface area contributed by atoms with Crippen LogP contribution in [0.15, 0.2) is 18.3 Å². The molecule has 1 aliphatic heterocycles. The van der Waals surface area contributed by atoms with Gasteiger partial charge < -0.3 is 15.7 Å². The summed E-state index contributed by atoms with van der Waals surface area (Å²) in [6.07, 6.45) is 1.71. The van der Waals surface area contributed by atoms with Gasteiger partial charge in [-0.25, -0.2) is 4.98 Å². The summed E-state index contributed by atoms with van der Waals surface area (Å²) in [5, 5.41) is 9.69. The van der Waals surface area contributed by atoms with Crippen LogP contribution in [0.25, 0.3) is 0 Å². The number of hydrogen-bond acceptors (Lipinski definition) is 5. The summed E-state index contributed by atoms with van der Waals surface area (Å²) in [5.74, 6) is 0.949. The second-order valence-electron chi connectivity index (χ2n) is 3.96. The molecule has 0 saturated carbocycles. The maximum atomic E-state index is 9.69. The Kier molecular flexibility index (Phi) is 3.58. The Morgan fingerprint density at radius 2 is 2.06 bits per heavy atom. The maximum absolute atomic E-state index is 9.69. The van der Waals surface area contributed by atoms with E-state index in [9.17, 15) is 5.11 Å². The highest BCUT2D eigenvalue weighted by Gasteiger charge is 2.19. The molecule has 0 aliphatic carbocycles. The zero-order chi connectivity index (χ0) is 11.4. The van der Waals surface area contributed by atoms with Crippen molar-refractivity contribution in [2.75, 3.05) is 44.2 Å². The van der Waals surface area contributed by atoms with Gasteiger partial charge >= 0.3 is 0 Å². The van der Waals surface area contributed by atoms with Gasteiger partial charge in [0, 0.05) is 45.5 Å². The molecule has 2 heterocycles. The number of pyridine rings is 1. The van der Waals surface area contributed by atoms with Crippen molar-refractivity contribution in [3.05, 3.63) is 18.3 Å². The van der Waals surface area contributed by atoms with Crippen LogP contribution in [0.5, 0.6) is 5.75 Å². The van der Waals surface area contributed by atoms with Gasteiger partial charge in [-0.15, -0.1) is 0 Å². The van der Waals surface area contributed by atoms with Crippen LogP contribution in [0, 0.1) is 0 Å². The molecule has 1 aromatic rings. The van der Waals surface area contributed by atoms with Crippen molar-refractivity contribution in [3.63, 3.8) is 0 Å². The van der Waals surface area contributed by atoms with E-state index in [0.29, 0.717) is 12.4 Å². The molecule has 0 amide bonds. The van der Waals surface area contributed by atoms with E-state index >= 15 is 0 Å². The molecule has 0 bridgehead atoms. The summed E-state index contributed by atoms with van der Waals surface area (Å²) in [6, 6.07) is 3.41. The van der Waals surface area contributed by atoms with Crippen LogP contribution >= 0.6 is 0 Å². The minimum atomic E-state index is 0.259. The molecule has 5 nitrogen and oxygen atoms in total. The number of nitrogens with two attached hydrogens (primary N) is 1. The Morgan fingerprint density at radius 1 is 1.31 bits per heavy atom. The van der Waals surface area contributed by atoms with Gasteiger partial charge in [-0.3, -0.25) is 4.90 Å². The quantitative estimate of drug-likeness (QED) is 0.745. The highest BCUT2D eigenvalue weighted by atomic mass is 16.3. The van der Waals surface area contributed by atoms with Crippen molar-refractivity contribution in [1.29, 1.82) is 0 Å². The topological polar surface area (TPSA) is 65.6 Å². The number of piperazine rings is 1. The molecule has 0 unspecified atom stereocenters. The highest BCUT2D eigenvalue weighted by Crippen LogP contribution is 2.24. The van der Waals surface area contributed by atoms with E-state index < -0.39 is 0 Å². The second-order valence-corrected chi connectivity index (χ2v) is 3.96. The number of aromatic nitrogens is 1. The zero-order valence-electron chi connectivity index (χ0n) is 9.34. The van der Waals surface area contributed by atoms with Crippen LogP contribution < -0.4 is 10.6 Å². The predicted molar refractivity (Wildman–Crippen MR) is 63.6 cm³/mol. The van der Waals surface area contributed by atoms with E-state index in [2.05, 4.69) is 14.8 Å². The van der Waals surface area contributed by atoms with Gasteiger partial charge in [-0.05, 0) is 12.1 Å². The Bertz CT molecular complexity index is 337. The first-order chi connectivity index (χ1) is 7.81. The average molecular weight is 222 g/mol. The SMILES string of the molecule is NCCN1CCN(c2ncccc2O)CC1. The summed E-state index contributed by atoms with van der Waals surface area (Å²) in [5.41, 5.74) is 5.52. The summed E-state index contributed by atoms with van der Waals surface area (Å²) < 4.78 is 0. The maximum Gasteiger partial charge on any atom is 0.171 e. The molecule has 1 saturated heterocycles. The van der Waals surface area contributed by atoms with Crippen LogP contribution in [0.4, 0.5) is 5.82 Å². The first-order valence-electron chi connectivity index (χ1n) is 5.62. The second kappa shape index (κ2) is 5.14. The van der Waals surface area contributed by atoms with Gasteiger partial charge in [0.1, 0.15) is 0 Å². The van der Waals surface area contributed by atoms with Crippen LogP contribution in [0.1, 0.15) is 0 Å². The molecule has 2 rings (SSSR count). The summed E-state index contributed by atoms with van der Waals surface area (Å²) in [7, 11) is 0. The molecule has 0 radical (unpaired) electrons. The van der Waals surface area contributed by atoms with Crippen molar-refractivity contribution in [2.24, 2.45) is 5.73 Å². The molecule has 88 valence electrons. The van der Waals surface area contributed by atoms with Gasteiger partial charge in [-0.1, -0.05) is 0 Å². The third-order valence-electron chi connectivity index (χ3n) is 2.88. The summed E-state index contributed by atoms with van der Waals surface area (Å²) in [4.78, 5) is 8.65. The minimum absolute atomic E-state index is 0.259.